The minimum absolute atomic E-state index is 0.0534. The summed E-state index contributed by atoms with van der Waals surface area (Å²) in [5.41, 5.74) is 2.12. The fourth-order valence-corrected chi connectivity index (χ4v) is 3.65. The van der Waals surface area contributed by atoms with Crippen LogP contribution in [-0.4, -0.2) is 57.0 Å². The smallest absolute Gasteiger partial charge is 0.164 e. The highest BCUT2D eigenvalue weighted by molar-refractivity contribution is 5.52. The van der Waals surface area contributed by atoms with Crippen LogP contribution in [0.4, 0.5) is 0 Å². The van der Waals surface area contributed by atoms with Crippen LogP contribution in [0.2, 0.25) is 0 Å². The van der Waals surface area contributed by atoms with Gasteiger partial charge in [0.05, 0.1) is 14.2 Å². The van der Waals surface area contributed by atoms with E-state index in [4.69, 9.17) is 14.2 Å². The molecule has 1 fully saturated rings. The Balaban J connectivity index is 1.94. The molecule has 0 aliphatic carbocycles. The molecular weight excluding hydrogens is 356 g/mol. The van der Waals surface area contributed by atoms with Gasteiger partial charge in [-0.1, -0.05) is 30.3 Å². The number of hydrogen-bond acceptors (Lipinski definition) is 6. The first-order chi connectivity index (χ1) is 13.8. The predicted octanol–water partition coefficient (Wildman–Crippen LogP) is 2.61. The number of aliphatic hydroxyl groups excluding tert-OH is 1. The summed E-state index contributed by atoms with van der Waals surface area (Å²) in [4.78, 5) is 2.39. The minimum Gasteiger partial charge on any atom is -0.493 e. The molecule has 0 amide bonds. The van der Waals surface area contributed by atoms with Crippen LogP contribution in [0.1, 0.15) is 23.6 Å². The van der Waals surface area contributed by atoms with E-state index in [1.165, 1.54) is 0 Å². The zero-order valence-corrected chi connectivity index (χ0v) is 16.7. The highest BCUT2D eigenvalue weighted by atomic mass is 16.5. The van der Waals surface area contributed by atoms with E-state index in [1.54, 1.807) is 14.2 Å². The monoisotopic (exact) mass is 386 g/mol. The molecule has 2 aromatic rings. The summed E-state index contributed by atoms with van der Waals surface area (Å²) in [5.74, 6) is 2.07. The summed E-state index contributed by atoms with van der Waals surface area (Å²) in [6, 6.07) is 14.0. The largest absolute Gasteiger partial charge is 0.493 e. The van der Waals surface area contributed by atoms with Crippen LogP contribution in [0.15, 0.2) is 42.5 Å². The van der Waals surface area contributed by atoms with Gasteiger partial charge in [0.15, 0.2) is 11.5 Å². The highest BCUT2D eigenvalue weighted by Crippen LogP contribution is 2.40. The number of ether oxygens (including phenoxy) is 3. The molecule has 6 heteroatoms. The molecule has 1 aliphatic heterocycles. The summed E-state index contributed by atoms with van der Waals surface area (Å²) in [7, 11) is 3.26. The van der Waals surface area contributed by atoms with Crippen LogP contribution in [0.5, 0.6) is 17.2 Å². The molecule has 0 radical (unpaired) electrons. The zero-order valence-electron chi connectivity index (χ0n) is 16.7. The molecule has 1 heterocycles. The molecule has 0 spiro atoms. The highest BCUT2D eigenvalue weighted by Gasteiger charge is 2.26. The Morgan fingerprint density at radius 3 is 2.32 bits per heavy atom. The number of nitrogens with zero attached hydrogens (tertiary/aromatic N) is 1. The van der Waals surface area contributed by atoms with Crippen molar-refractivity contribution < 1.29 is 19.3 Å². The Morgan fingerprint density at radius 1 is 1.00 bits per heavy atom. The summed E-state index contributed by atoms with van der Waals surface area (Å²) < 4.78 is 17.3. The third kappa shape index (κ3) is 4.95. The third-order valence-electron chi connectivity index (χ3n) is 5.11. The summed E-state index contributed by atoms with van der Waals surface area (Å²) in [6.07, 6.45) is 0.636. The lowest BCUT2D eigenvalue weighted by atomic mass is 9.99. The van der Waals surface area contributed by atoms with Gasteiger partial charge in [0.1, 0.15) is 12.4 Å². The molecule has 2 aromatic carbocycles. The van der Waals surface area contributed by atoms with Crippen molar-refractivity contribution in [3.05, 3.63) is 53.6 Å². The lowest BCUT2D eigenvalue weighted by Gasteiger charge is -2.36. The summed E-state index contributed by atoms with van der Waals surface area (Å²) in [5, 5.41) is 13.1. The minimum atomic E-state index is 0.0534. The van der Waals surface area contributed by atoms with Crippen molar-refractivity contribution >= 4 is 0 Å². The second-order valence-electron chi connectivity index (χ2n) is 6.83. The maximum Gasteiger partial charge on any atom is 0.164 e. The lowest BCUT2D eigenvalue weighted by Crippen LogP contribution is -2.45. The number of nitrogens with one attached hydrogen (secondary N) is 1. The summed E-state index contributed by atoms with van der Waals surface area (Å²) in [6.45, 7) is 4.32. The molecule has 0 unspecified atom stereocenters. The van der Waals surface area contributed by atoms with Gasteiger partial charge in [-0.15, -0.1) is 0 Å². The van der Waals surface area contributed by atoms with Crippen molar-refractivity contribution in [3.63, 3.8) is 0 Å². The average Bonchev–Trinajstić information content (AvgIpc) is 2.77. The van der Waals surface area contributed by atoms with E-state index >= 15 is 0 Å². The van der Waals surface area contributed by atoms with Crippen molar-refractivity contribution in [3.8, 4) is 17.2 Å². The first kappa shape index (κ1) is 20.5. The van der Waals surface area contributed by atoms with Crippen LogP contribution in [0.25, 0.3) is 0 Å². The SMILES string of the molecule is COc1cc(OCc2ccccc2)c([C@@H](CCO)N2CCNCC2)cc1OC. The Bertz CT molecular complexity index is 733. The van der Waals surface area contributed by atoms with E-state index in [-0.39, 0.29) is 12.6 Å². The van der Waals surface area contributed by atoms with Gasteiger partial charge in [-0.05, 0) is 18.1 Å². The predicted molar refractivity (Wildman–Crippen MR) is 109 cm³/mol. The number of methoxy groups -OCH3 is 2. The lowest BCUT2D eigenvalue weighted by molar-refractivity contribution is 0.137. The Kier molecular flexibility index (Phi) is 7.54. The summed E-state index contributed by atoms with van der Waals surface area (Å²) >= 11 is 0. The van der Waals surface area contributed by atoms with Crippen molar-refractivity contribution in [1.29, 1.82) is 0 Å². The number of hydrogen-bond donors (Lipinski definition) is 2. The zero-order chi connectivity index (χ0) is 19.8. The quantitative estimate of drug-likeness (QED) is 0.691. The van der Waals surface area contributed by atoms with Gasteiger partial charge < -0.3 is 24.6 Å². The van der Waals surface area contributed by atoms with Crippen LogP contribution in [0, 0.1) is 0 Å². The van der Waals surface area contributed by atoms with E-state index in [1.807, 2.05) is 42.5 Å². The Hall–Kier alpha value is -2.28. The van der Waals surface area contributed by atoms with E-state index in [9.17, 15) is 5.11 Å². The van der Waals surface area contributed by atoms with Gasteiger partial charge in [-0.2, -0.15) is 0 Å². The standard InChI is InChI=1S/C22H30N2O4/c1-26-21-14-18(19(8-13-25)24-11-9-23-10-12-24)20(15-22(21)27-2)28-16-17-6-4-3-5-7-17/h3-7,14-15,19,23,25H,8-13,16H2,1-2H3/t19-/m1/s1. The van der Waals surface area contributed by atoms with E-state index in [0.29, 0.717) is 24.5 Å². The van der Waals surface area contributed by atoms with Crippen molar-refractivity contribution in [2.75, 3.05) is 47.0 Å². The topological polar surface area (TPSA) is 63.2 Å². The molecule has 152 valence electrons. The second-order valence-corrected chi connectivity index (χ2v) is 6.83. The van der Waals surface area contributed by atoms with Crippen LogP contribution in [-0.2, 0) is 6.61 Å². The van der Waals surface area contributed by atoms with Crippen LogP contribution < -0.4 is 19.5 Å². The first-order valence-electron chi connectivity index (χ1n) is 9.75. The maximum atomic E-state index is 9.72. The van der Waals surface area contributed by atoms with E-state index < -0.39 is 0 Å². The molecule has 1 aliphatic rings. The van der Waals surface area contributed by atoms with Crippen LogP contribution >= 0.6 is 0 Å². The van der Waals surface area contributed by atoms with Crippen molar-refractivity contribution in [2.24, 2.45) is 0 Å². The number of piperazine rings is 1. The molecular formula is C22H30N2O4. The Labute approximate surface area is 167 Å². The molecule has 28 heavy (non-hydrogen) atoms. The normalized spacial score (nSPS) is 15.8. The number of aliphatic hydroxyl groups is 1. The van der Waals surface area contributed by atoms with Gasteiger partial charge in [0.25, 0.3) is 0 Å². The molecule has 1 atom stereocenters. The number of rotatable bonds is 9. The van der Waals surface area contributed by atoms with Crippen LogP contribution in [0.3, 0.4) is 0 Å². The van der Waals surface area contributed by atoms with Crippen molar-refractivity contribution in [1.82, 2.24) is 10.2 Å². The average molecular weight is 386 g/mol. The fourth-order valence-electron chi connectivity index (χ4n) is 3.65. The molecule has 6 nitrogen and oxygen atoms in total. The molecule has 3 rings (SSSR count). The molecule has 0 saturated carbocycles. The molecule has 1 saturated heterocycles. The Morgan fingerprint density at radius 2 is 1.68 bits per heavy atom. The third-order valence-corrected chi connectivity index (χ3v) is 5.11. The van der Waals surface area contributed by atoms with E-state index in [0.717, 1.165) is 43.1 Å². The first-order valence-corrected chi connectivity index (χ1v) is 9.75. The molecule has 0 aromatic heterocycles. The van der Waals surface area contributed by atoms with Gasteiger partial charge in [-0.3, -0.25) is 4.90 Å². The van der Waals surface area contributed by atoms with Gasteiger partial charge in [0, 0.05) is 50.5 Å². The van der Waals surface area contributed by atoms with Gasteiger partial charge in [-0.25, -0.2) is 0 Å². The van der Waals surface area contributed by atoms with Crippen molar-refractivity contribution in [2.45, 2.75) is 19.1 Å². The van der Waals surface area contributed by atoms with E-state index in [2.05, 4.69) is 10.2 Å². The number of benzene rings is 2. The maximum absolute atomic E-state index is 9.72. The van der Waals surface area contributed by atoms with Gasteiger partial charge >= 0.3 is 0 Å². The second kappa shape index (κ2) is 10.3. The van der Waals surface area contributed by atoms with Gasteiger partial charge in [0.2, 0.25) is 0 Å². The fraction of sp³-hybridized carbons (Fsp3) is 0.455. The molecule has 2 N–H and O–H groups in total. The molecule has 0 bridgehead atoms.